The standard InChI is InChI=1S/C15H31N/c1-4-5-6-7-8-9-12-16-14-10-11-15(2,3)13-14/h14,16H,4-13H2,1-3H3. The summed E-state index contributed by atoms with van der Waals surface area (Å²) in [4.78, 5) is 0. The van der Waals surface area contributed by atoms with Gasteiger partial charge in [0.05, 0.1) is 0 Å². The predicted molar refractivity (Wildman–Crippen MR) is 72.8 cm³/mol. The van der Waals surface area contributed by atoms with Crippen LogP contribution in [-0.4, -0.2) is 12.6 Å². The summed E-state index contributed by atoms with van der Waals surface area (Å²) in [7, 11) is 0. The van der Waals surface area contributed by atoms with E-state index in [1.807, 2.05) is 0 Å². The van der Waals surface area contributed by atoms with E-state index >= 15 is 0 Å². The number of nitrogens with one attached hydrogen (secondary N) is 1. The average molecular weight is 225 g/mol. The molecule has 1 aliphatic carbocycles. The Morgan fingerprint density at radius 3 is 2.38 bits per heavy atom. The van der Waals surface area contributed by atoms with E-state index < -0.39 is 0 Å². The maximum absolute atomic E-state index is 3.73. The molecular formula is C15H31N. The first-order chi connectivity index (χ1) is 7.64. The van der Waals surface area contributed by atoms with Crippen LogP contribution < -0.4 is 5.32 Å². The van der Waals surface area contributed by atoms with Crippen molar-refractivity contribution < 1.29 is 0 Å². The van der Waals surface area contributed by atoms with Gasteiger partial charge >= 0.3 is 0 Å². The van der Waals surface area contributed by atoms with E-state index in [9.17, 15) is 0 Å². The molecular weight excluding hydrogens is 194 g/mol. The molecule has 16 heavy (non-hydrogen) atoms. The largest absolute Gasteiger partial charge is 0.314 e. The number of hydrogen-bond acceptors (Lipinski definition) is 1. The first-order valence-electron chi connectivity index (χ1n) is 7.37. The van der Waals surface area contributed by atoms with Gasteiger partial charge in [0.25, 0.3) is 0 Å². The van der Waals surface area contributed by atoms with E-state index in [0.29, 0.717) is 5.41 Å². The summed E-state index contributed by atoms with van der Waals surface area (Å²) >= 11 is 0. The second kappa shape index (κ2) is 7.32. The third kappa shape index (κ3) is 5.89. The molecule has 1 rings (SSSR count). The van der Waals surface area contributed by atoms with Crippen molar-refractivity contribution in [3.05, 3.63) is 0 Å². The van der Waals surface area contributed by atoms with Crippen LogP contribution in [0.1, 0.15) is 78.6 Å². The maximum Gasteiger partial charge on any atom is 0.00723 e. The Bertz CT molecular complexity index is 174. The molecule has 0 aromatic rings. The average Bonchev–Trinajstić information content (AvgIpc) is 2.57. The van der Waals surface area contributed by atoms with Gasteiger partial charge < -0.3 is 5.32 Å². The molecule has 0 bridgehead atoms. The van der Waals surface area contributed by atoms with Gasteiger partial charge in [0.2, 0.25) is 0 Å². The van der Waals surface area contributed by atoms with Gasteiger partial charge in [-0.15, -0.1) is 0 Å². The summed E-state index contributed by atoms with van der Waals surface area (Å²) < 4.78 is 0. The van der Waals surface area contributed by atoms with Crippen LogP contribution in [0.3, 0.4) is 0 Å². The van der Waals surface area contributed by atoms with Crippen molar-refractivity contribution in [2.24, 2.45) is 5.41 Å². The molecule has 0 aliphatic heterocycles. The van der Waals surface area contributed by atoms with Crippen molar-refractivity contribution in [1.82, 2.24) is 5.32 Å². The van der Waals surface area contributed by atoms with Crippen LogP contribution in [0.15, 0.2) is 0 Å². The van der Waals surface area contributed by atoms with Crippen LogP contribution in [0.4, 0.5) is 0 Å². The predicted octanol–water partition coefficient (Wildman–Crippen LogP) is 4.52. The van der Waals surface area contributed by atoms with E-state index in [0.717, 1.165) is 6.04 Å². The van der Waals surface area contributed by atoms with Crippen LogP contribution in [0.5, 0.6) is 0 Å². The summed E-state index contributed by atoms with van der Waals surface area (Å²) in [6, 6.07) is 0.811. The molecule has 1 saturated carbocycles. The number of unbranched alkanes of at least 4 members (excludes halogenated alkanes) is 5. The lowest BCUT2D eigenvalue weighted by molar-refractivity contribution is 0.363. The third-order valence-electron chi connectivity index (χ3n) is 3.93. The molecule has 1 N–H and O–H groups in total. The molecule has 96 valence electrons. The summed E-state index contributed by atoms with van der Waals surface area (Å²) in [5.41, 5.74) is 0.596. The van der Waals surface area contributed by atoms with Crippen molar-refractivity contribution in [3.63, 3.8) is 0 Å². The van der Waals surface area contributed by atoms with Gasteiger partial charge in [-0.3, -0.25) is 0 Å². The number of hydrogen-bond donors (Lipinski definition) is 1. The molecule has 1 aliphatic rings. The normalized spacial score (nSPS) is 23.8. The molecule has 0 amide bonds. The van der Waals surface area contributed by atoms with E-state index in [-0.39, 0.29) is 0 Å². The van der Waals surface area contributed by atoms with Crippen LogP contribution in [0, 0.1) is 5.41 Å². The highest BCUT2D eigenvalue weighted by molar-refractivity contribution is 4.86. The lowest BCUT2D eigenvalue weighted by Gasteiger charge is -2.17. The highest BCUT2D eigenvalue weighted by Crippen LogP contribution is 2.36. The quantitative estimate of drug-likeness (QED) is 0.599. The minimum atomic E-state index is 0.596. The van der Waals surface area contributed by atoms with Gasteiger partial charge in [-0.05, 0) is 37.6 Å². The van der Waals surface area contributed by atoms with E-state index in [4.69, 9.17) is 0 Å². The molecule has 1 unspecified atom stereocenters. The van der Waals surface area contributed by atoms with Crippen LogP contribution in [0.2, 0.25) is 0 Å². The van der Waals surface area contributed by atoms with Crippen molar-refractivity contribution in [3.8, 4) is 0 Å². The third-order valence-corrected chi connectivity index (χ3v) is 3.93. The molecule has 0 heterocycles. The molecule has 1 heteroatoms. The van der Waals surface area contributed by atoms with Crippen molar-refractivity contribution in [2.75, 3.05) is 6.54 Å². The fraction of sp³-hybridized carbons (Fsp3) is 1.00. The Hall–Kier alpha value is -0.0400. The SMILES string of the molecule is CCCCCCCCNC1CCC(C)(C)C1. The van der Waals surface area contributed by atoms with Gasteiger partial charge in [0, 0.05) is 6.04 Å². The first kappa shape index (κ1) is 14.0. The van der Waals surface area contributed by atoms with Crippen LogP contribution in [-0.2, 0) is 0 Å². The second-order valence-electron chi connectivity index (χ2n) is 6.33. The highest BCUT2D eigenvalue weighted by Gasteiger charge is 2.30. The minimum Gasteiger partial charge on any atom is -0.314 e. The number of rotatable bonds is 8. The molecule has 0 aromatic heterocycles. The van der Waals surface area contributed by atoms with Crippen molar-refractivity contribution in [2.45, 2.75) is 84.6 Å². The second-order valence-corrected chi connectivity index (χ2v) is 6.33. The van der Waals surface area contributed by atoms with Gasteiger partial charge in [-0.25, -0.2) is 0 Å². The Morgan fingerprint density at radius 2 is 1.75 bits per heavy atom. The Morgan fingerprint density at radius 1 is 1.06 bits per heavy atom. The fourth-order valence-electron chi connectivity index (χ4n) is 2.82. The molecule has 1 fully saturated rings. The summed E-state index contributed by atoms with van der Waals surface area (Å²) in [6.07, 6.45) is 12.6. The van der Waals surface area contributed by atoms with E-state index in [1.165, 1.54) is 64.3 Å². The summed E-state index contributed by atoms with van der Waals surface area (Å²) in [5.74, 6) is 0. The monoisotopic (exact) mass is 225 g/mol. The molecule has 1 nitrogen and oxygen atoms in total. The zero-order chi connectivity index (χ0) is 11.9. The van der Waals surface area contributed by atoms with Gasteiger partial charge in [0.15, 0.2) is 0 Å². The van der Waals surface area contributed by atoms with Gasteiger partial charge in [-0.2, -0.15) is 0 Å². The minimum absolute atomic E-state index is 0.596. The lowest BCUT2D eigenvalue weighted by atomic mass is 9.92. The fourth-order valence-corrected chi connectivity index (χ4v) is 2.82. The van der Waals surface area contributed by atoms with E-state index in [1.54, 1.807) is 0 Å². The zero-order valence-electron chi connectivity index (χ0n) is 11.6. The van der Waals surface area contributed by atoms with E-state index in [2.05, 4.69) is 26.1 Å². The Kier molecular flexibility index (Phi) is 6.41. The van der Waals surface area contributed by atoms with Crippen molar-refractivity contribution >= 4 is 0 Å². The molecule has 1 atom stereocenters. The Balaban J connectivity index is 1.88. The van der Waals surface area contributed by atoms with Crippen LogP contribution >= 0.6 is 0 Å². The highest BCUT2D eigenvalue weighted by atomic mass is 14.9. The Labute approximate surface area is 102 Å². The maximum atomic E-state index is 3.73. The lowest BCUT2D eigenvalue weighted by Crippen LogP contribution is -2.28. The van der Waals surface area contributed by atoms with Gasteiger partial charge in [0.1, 0.15) is 0 Å². The zero-order valence-corrected chi connectivity index (χ0v) is 11.6. The molecule has 0 aromatic carbocycles. The molecule has 0 spiro atoms. The summed E-state index contributed by atoms with van der Waals surface area (Å²) in [6.45, 7) is 8.33. The smallest absolute Gasteiger partial charge is 0.00723 e. The first-order valence-corrected chi connectivity index (χ1v) is 7.37. The van der Waals surface area contributed by atoms with Crippen molar-refractivity contribution in [1.29, 1.82) is 0 Å². The van der Waals surface area contributed by atoms with Crippen LogP contribution in [0.25, 0.3) is 0 Å². The summed E-state index contributed by atoms with van der Waals surface area (Å²) in [5, 5.41) is 3.73. The van der Waals surface area contributed by atoms with Gasteiger partial charge in [-0.1, -0.05) is 52.9 Å². The molecule has 0 saturated heterocycles. The molecule has 0 radical (unpaired) electrons. The topological polar surface area (TPSA) is 12.0 Å².